The van der Waals surface area contributed by atoms with Crippen LogP contribution >= 0.6 is 0 Å². The van der Waals surface area contributed by atoms with Crippen LogP contribution in [0.1, 0.15) is 72.1 Å². The van der Waals surface area contributed by atoms with Crippen LogP contribution in [0.4, 0.5) is 5.69 Å². The van der Waals surface area contributed by atoms with Gasteiger partial charge < -0.3 is 5.11 Å². The Bertz CT molecular complexity index is 950. The van der Waals surface area contributed by atoms with Crippen molar-refractivity contribution in [2.45, 2.75) is 58.3 Å². The summed E-state index contributed by atoms with van der Waals surface area (Å²) < 4.78 is 29.1. The second-order valence-corrected chi connectivity index (χ2v) is 9.10. The van der Waals surface area contributed by atoms with Crippen molar-refractivity contribution < 1.29 is 18.3 Å². The van der Waals surface area contributed by atoms with Crippen LogP contribution in [0, 0.1) is 13.8 Å². The van der Waals surface area contributed by atoms with Crippen LogP contribution in [-0.4, -0.2) is 19.5 Å². The van der Waals surface area contributed by atoms with Gasteiger partial charge in [-0.3, -0.25) is 4.72 Å². The topological polar surface area (TPSA) is 83.5 Å². The third kappa shape index (κ3) is 4.33. The number of hydrogen-bond donors (Lipinski definition) is 2. The van der Waals surface area contributed by atoms with Gasteiger partial charge in [0.25, 0.3) is 10.0 Å². The summed E-state index contributed by atoms with van der Waals surface area (Å²) in [5.41, 5.74) is 3.53. The van der Waals surface area contributed by atoms with E-state index in [9.17, 15) is 18.3 Å². The molecule has 0 spiro atoms. The highest BCUT2D eigenvalue weighted by atomic mass is 32.2. The summed E-state index contributed by atoms with van der Waals surface area (Å²) in [6, 6.07) is 8.47. The van der Waals surface area contributed by atoms with Crippen LogP contribution in [0.5, 0.6) is 0 Å². The highest BCUT2D eigenvalue weighted by molar-refractivity contribution is 7.92. The number of sulfonamides is 1. The molecule has 2 aromatic rings. The molecule has 2 rings (SSSR count). The van der Waals surface area contributed by atoms with Crippen LogP contribution in [0.15, 0.2) is 35.2 Å². The summed E-state index contributed by atoms with van der Waals surface area (Å²) in [6.07, 6.45) is 0. The Labute approximate surface area is 161 Å². The zero-order valence-electron chi connectivity index (χ0n) is 16.6. The van der Waals surface area contributed by atoms with Crippen LogP contribution < -0.4 is 4.72 Å². The minimum atomic E-state index is -3.95. The fourth-order valence-corrected chi connectivity index (χ4v) is 4.55. The molecule has 2 aromatic carbocycles. The van der Waals surface area contributed by atoms with E-state index in [4.69, 9.17) is 0 Å². The Morgan fingerprint density at radius 3 is 1.96 bits per heavy atom. The fraction of sp³-hybridized carbons (Fsp3) is 0.381. The molecule has 0 aliphatic carbocycles. The standard InChI is InChI=1S/C21H27NO4S/c1-12(2)17-8-7-9-18(13(3)4)20(17)22-27(25,26)19-11-16(21(23)24)10-14(5)15(19)6/h7-13,22H,1-6H3,(H,23,24). The number of para-hydroxylation sites is 1. The second-order valence-electron chi connectivity index (χ2n) is 7.45. The molecule has 6 heteroatoms. The van der Waals surface area contributed by atoms with Gasteiger partial charge in [-0.15, -0.1) is 0 Å². The molecule has 0 aromatic heterocycles. The minimum Gasteiger partial charge on any atom is -0.478 e. The van der Waals surface area contributed by atoms with Crippen LogP contribution in [0.2, 0.25) is 0 Å². The fourth-order valence-electron chi connectivity index (χ4n) is 3.09. The molecule has 0 aliphatic rings. The van der Waals surface area contributed by atoms with Gasteiger partial charge >= 0.3 is 5.97 Å². The predicted octanol–water partition coefficient (Wildman–Crippen LogP) is 5.05. The average Bonchev–Trinajstić information content (AvgIpc) is 2.56. The lowest BCUT2D eigenvalue weighted by Gasteiger charge is -2.21. The first-order chi connectivity index (χ1) is 12.5. The maximum atomic E-state index is 13.2. The van der Waals surface area contributed by atoms with E-state index in [1.165, 1.54) is 12.1 Å². The smallest absolute Gasteiger partial charge is 0.335 e. The SMILES string of the molecule is Cc1cc(C(=O)O)cc(S(=O)(=O)Nc2c(C(C)C)cccc2C(C)C)c1C. The first-order valence-electron chi connectivity index (χ1n) is 8.95. The van der Waals surface area contributed by atoms with Gasteiger partial charge in [-0.2, -0.15) is 0 Å². The van der Waals surface area contributed by atoms with Crippen LogP contribution in [0.25, 0.3) is 0 Å². The number of carbonyl (C=O) groups is 1. The molecule has 0 saturated carbocycles. The number of anilines is 1. The van der Waals surface area contributed by atoms with Gasteiger partial charge in [0.15, 0.2) is 0 Å². The number of rotatable bonds is 6. The van der Waals surface area contributed by atoms with E-state index in [0.29, 0.717) is 16.8 Å². The molecular weight excluding hydrogens is 362 g/mol. The Kier molecular flexibility index (Phi) is 6.00. The summed E-state index contributed by atoms with van der Waals surface area (Å²) >= 11 is 0. The molecular formula is C21H27NO4S. The molecule has 0 fully saturated rings. The Balaban J connectivity index is 2.67. The molecule has 0 amide bonds. The molecule has 0 aliphatic heterocycles. The van der Waals surface area contributed by atoms with Crippen LogP contribution in [-0.2, 0) is 10.0 Å². The Hall–Kier alpha value is -2.34. The van der Waals surface area contributed by atoms with E-state index < -0.39 is 16.0 Å². The van der Waals surface area contributed by atoms with Crippen molar-refractivity contribution in [2.24, 2.45) is 0 Å². The summed E-state index contributed by atoms with van der Waals surface area (Å²) in [6.45, 7) is 11.4. The Morgan fingerprint density at radius 2 is 1.52 bits per heavy atom. The third-order valence-corrected chi connectivity index (χ3v) is 6.24. The number of benzene rings is 2. The molecule has 0 radical (unpaired) electrons. The minimum absolute atomic E-state index is 0.00633. The summed E-state index contributed by atoms with van der Waals surface area (Å²) in [4.78, 5) is 11.4. The van der Waals surface area contributed by atoms with Gasteiger partial charge in [-0.05, 0) is 60.1 Å². The van der Waals surface area contributed by atoms with Gasteiger partial charge in [0, 0.05) is 0 Å². The highest BCUT2D eigenvalue weighted by Gasteiger charge is 2.24. The molecule has 0 bridgehead atoms. The van der Waals surface area contributed by atoms with Gasteiger partial charge in [-0.25, -0.2) is 13.2 Å². The first kappa shape index (κ1) is 21.0. The molecule has 0 heterocycles. The van der Waals surface area contributed by atoms with Crippen molar-refractivity contribution in [1.82, 2.24) is 0 Å². The quantitative estimate of drug-likeness (QED) is 0.724. The normalized spacial score (nSPS) is 11.9. The van der Waals surface area contributed by atoms with E-state index >= 15 is 0 Å². The molecule has 2 N–H and O–H groups in total. The third-order valence-electron chi connectivity index (χ3n) is 4.77. The van der Waals surface area contributed by atoms with Crippen molar-refractivity contribution in [2.75, 3.05) is 4.72 Å². The van der Waals surface area contributed by atoms with E-state index in [2.05, 4.69) is 4.72 Å². The zero-order valence-corrected chi connectivity index (χ0v) is 17.4. The number of carboxylic acids is 1. The Morgan fingerprint density at radius 1 is 1.00 bits per heavy atom. The number of aromatic carboxylic acids is 1. The number of hydrogen-bond acceptors (Lipinski definition) is 3. The van der Waals surface area contributed by atoms with Crippen molar-refractivity contribution in [3.8, 4) is 0 Å². The van der Waals surface area contributed by atoms with E-state index in [1.54, 1.807) is 13.8 Å². The first-order valence-corrected chi connectivity index (χ1v) is 10.4. The molecule has 146 valence electrons. The van der Waals surface area contributed by atoms with Crippen molar-refractivity contribution >= 4 is 21.7 Å². The molecule has 0 saturated heterocycles. The number of nitrogens with one attached hydrogen (secondary N) is 1. The monoisotopic (exact) mass is 389 g/mol. The average molecular weight is 390 g/mol. The lowest BCUT2D eigenvalue weighted by Crippen LogP contribution is -2.18. The molecule has 27 heavy (non-hydrogen) atoms. The summed E-state index contributed by atoms with van der Waals surface area (Å²) in [7, 11) is -3.95. The summed E-state index contributed by atoms with van der Waals surface area (Å²) in [5, 5.41) is 9.30. The number of aryl methyl sites for hydroxylation is 1. The lowest BCUT2D eigenvalue weighted by molar-refractivity contribution is 0.0696. The maximum Gasteiger partial charge on any atom is 0.335 e. The second kappa shape index (κ2) is 7.72. The van der Waals surface area contributed by atoms with Gasteiger partial charge in [0.1, 0.15) is 0 Å². The van der Waals surface area contributed by atoms with Gasteiger partial charge in [0.05, 0.1) is 16.1 Å². The van der Waals surface area contributed by atoms with Crippen LogP contribution in [0.3, 0.4) is 0 Å². The van der Waals surface area contributed by atoms with E-state index in [-0.39, 0.29) is 22.3 Å². The maximum absolute atomic E-state index is 13.2. The van der Waals surface area contributed by atoms with Crippen molar-refractivity contribution in [3.05, 3.63) is 58.1 Å². The van der Waals surface area contributed by atoms with E-state index in [1.807, 2.05) is 45.9 Å². The predicted molar refractivity (Wildman–Crippen MR) is 108 cm³/mol. The van der Waals surface area contributed by atoms with Gasteiger partial charge in [-0.1, -0.05) is 45.9 Å². The van der Waals surface area contributed by atoms with Gasteiger partial charge in [0.2, 0.25) is 0 Å². The molecule has 5 nitrogen and oxygen atoms in total. The molecule has 0 unspecified atom stereocenters. The highest BCUT2D eigenvalue weighted by Crippen LogP contribution is 2.34. The van der Waals surface area contributed by atoms with Crippen molar-refractivity contribution in [3.63, 3.8) is 0 Å². The lowest BCUT2D eigenvalue weighted by atomic mass is 9.93. The summed E-state index contributed by atoms with van der Waals surface area (Å²) in [5.74, 6) is -0.885. The zero-order chi connectivity index (χ0) is 20.5. The van der Waals surface area contributed by atoms with E-state index in [0.717, 1.165) is 11.1 Å². The van der Waals surface area contributed by atoms with Crippen molar-refractivity contribution in [1.29, 1.82) is 0 Å². The largest absolute Gasteiger partial charge is 0.478 e. The number of carboxylic acid groups (broad SMARTS) is 1. The molecule has 0 atom stereocenters.